The first-order valence-electron chi connectivity index (χ1n) is 8.96. The molecule has 0 aliphatic carbocycles. The Labute approximate surface area is 161 Å². The van der Waals surface area contributed by atoms with Gasteiger partial charge in [-0.3, -0.25) is 14.2 Å². The van der Waals surface area contributed by atoms with Crippen LogP contribution in [0.5, 0.6) is 0 Å². The molecular weight excluding hydrogens is 354 g/mol. The summed E-state index contributed by atoms with van der Waals surface area (Å²) in [5, 5.41) is 7.09. The molecule has 3 heterocycles. The molecule has 7 heteroatoms. The van der Waals surface area contributed by atoms with Crippen molar-refractivity contribution in [1.29, 1.82) is 0 Å². The zero-order valence-corrected chi connectivity index (χ0v) is 15.3. The van der Waals surface area contributed by atoms with Crippen LogP contribution in [0.25, 0.3) is 16.8 Å². The van der Waals surface area contributed by atoms with Gasteiger partial charge in [-0.1, -0.05) is 36.4 Å². The van der Waals surface area contributed by atoms with Crippen LogP contribution < -0.4 is 11.0 Å². The molecule has 0 fully saturated rings. The molecule has 1 N–H and O–H groups in total. The van der Waals surface area contributed by atoms with Crippen LogP contribution in [0, 0.1) is 0 Å². The van der Waals surface area contributed by atoms with Gasteiger partial charge in [-0.2, -0.15) is 0 Å². The number of amides is 1. The van der Waals surface area contributed by atoms with E-state index in [1.165, 1.54) is 9.08 Å². The Balaban J connectivity index is 1.44. The zero-order valence-electron chi connectivity index (χ0n) is 15.3. The number of carbonyl (C=O) groups is 1. The minimum Gasteiger partial charge on any atom is -0.348 e. The van der Waals surface area contributed by atoms with Crippen LogP contribution in [0.3, 0.4) is 0 Å². The predicted molar refractivity (Wildman–Crippen MR) is 106 cm³/mol. The number of pyridine rings is 2. The molecule has 0 saturated carbocycles. The molecule has 28 heavy (non-hydrogen) atoms. The number of aromatic nitrogens is 4. The van der Waals surface area contributed by atoms with Crippen LogP contribution in [0.2, 0.25) is 0 Å². The van der Waals surface area contributed by atoms with Crippen molar-refractivity contribution in [3.8, 4) is 11.1 Å². The standard InChI is InChI=1S/C21H19N5O2/c1-15(16-7-9-17(10-8-16)18-5-4-11-22-13-18)23-20(27)14-26-21(28)25-12-3-2-6-19(25)24-26/h2-13,15H,14H2,1H3,(H,23,27). The fourth-order valence-electron chi connectivity index (χ4n) is 3.08. The normalized spacial score (nSPS) is 12.0. The van der Waals surface area contributed by atoms with Crippen molar-refractivity contribution in [3.05, 3.63) is 89.2 Å². The van der Waals surface area contributed by atoms with Crippen molar-refractivity contribution < 1.29 is 4.79 Å². The number of fused-ring (bicyclic) bond motifs is 1. The molecule has 140 valence electrons. The highest BCUT2D eigenvalue weighted by Gasteiger charge is 2.13. The largest absolute Gasteiger partial charge is 0.350 e. The van der Waals surface area contributed by atoms with E-state index in [0.717, 1.165) is 16.7 Å². The van der Waals surface area contributed by atoms with Crippen LogP contribution in [-0.2, 0) is 11.3 Å². The molecule has 1 unspecified atom stereocenters. The SMILES string of the molecule is CC(NC(=O)Cn1nc2ccccn2c1=O)c1ccc(-c2cccnc2)cc1. The molecule has 4 aromatic rings. The highest BCUT2D eigenvalue weighted by atomic mass is 16.2. The number of benzene rings is 1. The van der Waals surface area contributed by atoms with Gasteiger partial charge in [0, 0.05) is 18.6 Å². The Morgan fingerprint density at radius 1 is 1.07 bits per heavy atom. The third-order valence-electron chi connectivity index (χ3n) is 4.56. The first-order chi connectivity index (χ1) is 13.6. The van der Waals surface area contributed by atoms with Crippen molar-refractivity contribution in [2.24, 2.45) is 0 Å². The van der Waals surface area contributed by atoms with Gasteiger partial charge in [-0.15, -0.1) is 5.10 Å². The molecule has 7 nitrogen and oxygen atoms in total. The van der Waals surface area contributed by atoms with Crippen molar-refractivity contribution >= 4 is 11.6 Å². The summed E-state index contributed by atoms with van der Waals surface area (Å²) in [4.78, 5) is 28.8. The lowest BCUT2D eigenvalue weighted by Crippen LogP contribution is -2.34. The Hall–Kier alpha value is -3.74. The molecule has 0 radical (unpaired) electrons. The predicted octanol–water partition coefficient (Wildman–Crippen LogP) is 2.44. The van der Waals surface area contributed by atoms with E-state index in [1.54, 1.807) is 30.6 Å². The van der Waals surface area contributed by atoms with Gasteiger partial charge in [-0.25, -0.2) is 9.48 Å². The third-order valence-corrected chi connectivity index (χ3v) is 4.56. The van der Waals surface area contributed by atoms with E-state index >= 15 is 0 Å². The molecule has 1 amide bonds. The van der Waals surface area contributed by atoms with E-state index in [9.17, 15) is 9.59 Å². The third kappa shape index (κ3) is 3.55. The van der Waals surface area contributed by atoms with Gasteiger partial charge >= 0.3 is 5.69 Å². The number of carbonyl (C=O) groups excluding carboxylic acids is 1. The lowest BCUT2D eigenvalue weighted by atomic mass is 10.0. The Morgan fingerprint density at radius 3 is 2.61 bits per heavy atom. The minimum atomic E-state index is -0.334. The van der Waals surface area contributed by atoms with Crippen molar-refractivity contribution in [3.63, 3.8) is 0 Å². The van der Waals surface area contributed by atoms with Crippen LogP contribution in [-0.4, -0.2) is 25.1 Å². The van der Waals surface area contributed by atoms with Crippen molar-refractivity contribution in [2.45, 2.75) is 19.5 Å². The summed E-state index contributed by atoms with van der Waals surface area (Å²) in [6.07, 6.45) is 5.18. The molecule has 4 rings (SSSR count). The summed E-state index contributed by atoms with van der Waals surface area (Å²) in [6.45, 7) is 1.78. The van der Waals surface area contributed by atoms with E-state index < -0.39 is 0 Å². The summed E-state index contributed by atoms with van der Waals surface area (Å²) < 4.78 is 2.58. The van der Waals surface area contributed by atoms with Gasteiger partial charge in [-0.05, 0) is 41.8 Å². The van der Waals surface area contributed by atoms with Crippen LogP contribution in [0.15, 0.2) is 78.0 Å². The lowest BCUT2D eigenvalue weighted by molar-refractivity contribution is -0.122. The summed E-state index contributed by atoms with van der Waals surface area (Å²) in [5.41, 5.74) is 3.26. The van der Waals surface area contributed by atoms with Gasteiger partial charge in [0.15, 0.2) is 5.65 Å². The molecule has 3 aromatic heterocycles. The zero-order chi connectivity index (χ0) is 19.5. The number of rotatable bonds is 5. The highest BCUT2D eigenvalue weighted by Crippen LogP contribution is 2.21. The second kappa shape index (κ2) is 7.48. The maximum absolute atomic E-state index is 12.4. The molecule has 0 aliphatic heterocycles. The number of nitrogens with one attached hydrogen (secondary N) is 1. The first-order valence-corrected chi connectivity index (χ1v) is 8.96. The van der Waals surface area contributed by atoms with Gasteiger partial charge in [0.25, 0.3) is 0 Å². The first kappa shape index (κ1) is 17.7. The second-order valence-electron chi connectivity index (χ2n) is 6.52. The molecule has 0 saturated heterocycles. The average molecular weight is 373 g/mol. The number of nitrogens with zero attached hydrogens (tertiary/aromatic N) is 4. The van der Waals surface area contributed by atoms with E-state index in [-0.39, 0.29) is 24.2 Å². The van der Waals surface area contributed by atoms with E-state index in [2.05, 4.69) is 15.4 Å². The van der Waals surface area contributed by atoms with E-state index in [4.69, 9.17) is 0 Å². The maximum Gasteiger partial charge on any atom is 0.350 e. The fourth-order valence-corrected chi connectivity index (χ4v) is 3.08. The number of hydrogen-bond acceptors (Lipinski definition) is 4. The number of hydrogen-bond donors (Lipinski definition) is 1. The van der Waals surface area contributed by atoms with Gasteiger partial charge in [0.2, 0.25) is 5.91 Å². The minimum absolute atomic E-state index is 0.126. The topological polar surface area (TPSA) is 81.3 Å². The van der Waals surface area contributed by atoms with Gasteiger partial charge in [0.05, 0.1) is 6.04 Å². The second-order valence-corrected chi connectivity index (χ2v) is 6.52. The molecule has 0 bridgehead atoms. The summed E-state index contributed by atoms with van der Waals surface area (Å²) in [7, 11) is 0. The van der Waals surface area contributed by atoms with Crippen molar-refractivity contribution in [1.82, 2.24) is 24.5 Å². The van der Waals surface area contributed by atoms with E-state index in [0.29, 0.717) is 5.65 Å². The fraction of sp³-hybridized carbons (Fsp3) is 0.143. The quantitative estimate of drug-likeness (QED) is 0.583. The summed E-state index contributed by atoms with van der Waals surface area (Å²) in [5.74, 6) is -0.269. The maximum atomic E-state index is 12.4. The summed E-state index contributed by atoms with van der Waals surface area (Å²) >= 11 is 0. The van der Waals surface area contributed by atoms with Crippen LogP contribution >= 0.6 is 0 Å². The van der Waals surface area contributed by atoms with Crippen LogP contribution in [0.4, 0.5) is 0 Å². The Kier molecular flexibility index (Phi) is 4.72. The molecule has 0 spiro atoms. The van der Waals surface area contributed by atoms with Gasteiger partial charge in [0.1, 0.15) is 6.54 Å². The van der Waals surface area contributed by atoms with Crippen molar-refractivity contribution in [2.75, 3.05) is 0 Å². The average Bonchev–Trinajstić information content (AvgIpc) is 3.04. The highest BCUT2D eigenvalue weighted by molar-refractivity contribution is 5.76. The Morgan fingerprint density at radius 2 is 1.89 bits per heavy atom. The molecule has 1 aromatic carbocycles. The van der Waals surface area contributed by atoms with Gasteiger partial charge < -0.3 is 5.32 Å². The van der Waals surface area contributed by atoms with E-state index in [1.807, 2.05) is 49.5 Å². The summed E-state index contributed by atoms with van der Waals surface area (Å²) in [6, 6.07) is 16.9. The Bertz CT molecular complexity index is 1160. The lowest BCUT2D eigenvalue weighted by Gasteiger charge is -2.14. The molecule has 1 atom stereocenters. The smallest absolute Gasteiger partial charge is 0.348 e. The molecule has 0 aliphatic rings. The molecular formula is C21H19N5O2. The monoisotopic (exact) mass is 373 g/mol. The van der Waals surface area contributed by atoms with Crippen LogP contribution in [0.1, 0.15) is 18.5 Å².